The van der Waals surface area contributed by atoms with Gasteiger partial charge in [0.2, 0.25) is 0 Å². The lowest BCUT2D eigenvalue weighted by molar-refractivity contribution is -0.131. The third-order valence-corrected chi connectivity index (χ3v) is 2.80. The van der Waals surface area contributed by atoms with Gasteiger partial charge < -0.3 is 9.53 Å². The highest BCUT2D eigenvalue weighted by Gasteiger charge is 2.26. The van der Waals surface area contributed by atoms with E-state index < -0.39 is 11.4 Å². The van der Waals surface area contributed by atoms with E-state index in [1.54, 1.807) is 13.8 Å². The minimum absolute atomic E-state index is 0.0909. The molecule has 0 fully saturated rings. The number of nitriles is 1. The molecule has 0 unspecified atom stereocenters. The van der Waals surface area contributed by atoms with Crippen molar-refractivity contribution in [2.45, 2.75) is 26.2 Å². The van der Waals surface area contributed by atoms with Crippen LogP contribution in [0.4, 0.5) is 0 Å². The first-order chi connectivity index (χ1) is 8.31. The molecule has 1 aromatic carbocycles. The summed E-state index contributed by atoms with van der Waals surface area (Å²) in [5, 5.41) is 9.10. The van der Waals surface area contributed by atoms with E-state index in [-0.39, 0.29) is 16.3 Å². The van der Waals surface area contributed by atoms with E-state index in [0.717, 1.165) is 6.29 Å². The van der Waals surface area contributed by atoms with E-state index in [1.165, 1.54) is 19.1 Å². The number of ether oxygens (including phenoxy) is 1. The normalized spacial score (nSPS) is 10.6. The van der Waals surface area contributed by atoms with Crippen molar-refractivity contribution in [3.05, 3.63) is 28.3 Å². The van der Waals surface area contributed by atoms with Crippen LogP contribution in [0.3, 0.4) is 0 Å². The largest absolute Gasteiger partial charge is 0.425 e. The van der Waals surface area contributed by atoms with Crippen molar-refractivity contribution in [3.8, 4) is 11.8 Å². The van der Waals surface area contributed by atoms with Gasteiger partial charge in [0.25, 0.3) is 0 Å². The fourth-order valence-electron chi connectivity index (χ4n) is 1.42. The Labute approximate surface area is 110 Å². The van der Waals surface area contributed by atoms with Crippen molar-refractivity contribution in [1.29, 1.82) is 5.26 Å². The summed E-state index contributed by atoms with van der Waals surface area (Å²) in [5.41, 5.74) is -0.131. The van der Waals surface area contributed by atoms with Crippen molar-refractivity contribution in [2.75, 3.05) is 0 Å². The van der Waals surface area contributed by atoms with Crippen LogP contribution in [0.1, 0.15) is 31.9 Å². The van der Waals surface area contributed by atoms with Gasteiger partial charge in [-0.3, -0.25) is 4.79 Å². The minimum Gasteiger partial charge on any atom is -0.425 e. The van der Waals surface area contributed by atoms with Crippen LogP contribution in [0.2, 0.25) is 5.02 Å². The van der Waals surface area contributed by atoms with E-state index in [0.29, 0.717) is 5.56 Å². The molecule has 0 aliphatic carbocycles. The predicted octanol–water partition coefficient (Wildman–Crippen LogP) is 2.61. The van der Waals surface area contributed by atoms with E-state index in [9.17, 15) is 9.59 Å². The summed E-state index contributed by atoms with van der Waals surface area (Å²) in [5.74, 6) is -0.449. The van der Waals surface area contributed by atoms with Crippen molar-refractivity contribution >= 4 is 23.9 Å². The Bertz CT molecular complexity index is 544. The van der Waals surface area contributed by atoms with Gasteiger partial charge in [0.05, 0.1) is 16.7 Å². The maximum atomic E-state index is 11.1. The quantitative estimate of drug-likeness (QED) is 0.479. The minimum atomic E-state index is -0.862. The van der Waals surface area contributed by atoms with Crippen LogP contribution in [0.15, 0.2) is 12.1 Å². The van der Waals surface area contributed by atoms with Crippen LogP contribution in [0, 0.1) is 11.3 Å². The molecule has 0 atom stereocenters. The lowest BCUT2D eigenvalue weighted by Gasteiger charge is -2.20. The van der Waals surface area contributed by atoms with Gasteiger partial charge in [0.1, 0.15) is 6.29 Å². The molecule has 0 aliphatic heterocycles. The second-order valence-corrected chi connectivity index (χ2v) is 4.76. The van der Waals surface area contributed by atoms with Gasteiger partial charge in [-0.1, -0.05) is 11.6 Å². The fraction of sp³-hybridized carbons (Fsp3) is 0.308. The zero-order valence-electron chi connectivity index (χ0n) is 10.3. The van der Waals surface area contributed by atoms with Crippen LogP contribution >= 0.6 is 11.6 Å². The highest BCUT2D eigenvalue weighted by molar-refractivity contribution is 6.33. The molecule has 0 saturated carbocycles. The first kappa shape index (κ1) is 14.2. The SMILES string of the molecule is CC(=O)Oc1cc(C#N)cc(C(C)(C)C=O)c1Cl. The number of hydrogen-bond acceptors (Lipinski definition) is 4. The highest BCUT2D eigenvalue weighted by Crippen LogP contribution is 2.36. The van der Waals surface area contributed by atoms with Crippen molar-refractivity contribution in [1.82, 2.24) is 0 Å². The lowest BCUT2D eigenvalue weighted by atomic mass is 9.85. The Kier molecular flexibility index (Phi) is 4.10. The average molecular weight is 266 g/mol. The fourth-order valence-corrected chi connectivity index (χ4v) is 1.82. The maximum Gasteiger partial charge on any atom is 0.308 e. The molecular formula is C13H12ClNO3. The molecule has 0 aromatic heterocycles. The Morgan fingerprint density at radius 1 is 1.50 bits per heavy atom. The molecule has 18 heavy (non-hydrogen) atoms. The number of halogens is 1. The maximum absolute atomic E-state index is 11.1. The van der Waals surface area contributed by atoms with E-state index in [4.69, 9.17) is 21.6 Å². The number of nitrogens with zero attached hydrogens (tertiary/aromatic N) is 1. The van der Waals surface area contributed by atoms with Crippen LogP contribution in [-0.4, -0.2) is 12.3 Å². The van der Waals surface area contributed by atoms with Gasteiger partial charge in [-0.2, -0.15) is 5.26 Å². The molecule has 0 spiro atoms. The number of carbonyl (C=O) groups is 2. The smallest absolute Gasteiger partial charge is 0.308 e. The second-order valence-electron chi connectivity index (χ2n) is 4.38. The molecule has 0 radical (unpaired) electrons. The summed E-state index contributed by atoms with van der Waals surface area (Å²) in [6.45, 7) is 4.57. The van der Waals surface area contributed by atoms with Gasteiger partial charge in [0, 0.05) is 18.4 Å². The van der Waals surface area contributed by atoms with E-state index in [2.05, 4.69) is 0 Å². The van der Waals surface area contributed by atoms with Crippen LogP contribution in [0.5, 0.6) is 5.75 Å². The molecule has 0 heterocycles. The summed E-state index contributed by atoms with van der Waals surface area (Å²) in [7, 11) is 0. The van der Waals surface area contributed by atoms with Crippen LogP contribution < -0.4 is 4.74 Å². The summed E-state index contributed by atoms with van der Waals surface area (Å²) in [6, 6.07) is 4.83. The number of aldehydes is 1. The van der Waals surface area contributed by atoms with Crippen molar-refractivity contribution in [2.24, 2.45) is 0 Å². The van der Waals surface area contributed by atoms with Crippen LogP contribution in [-0.2, 0) is 15.0 Å². The van der Waals surface area contributed by atoms with E-state index >= 15 is 0 Å². The molecule has 1 aromatic rings. The summed E-state index contributed by atoms with van der Waals surface area (Å²) >= 11 is 6.10. The number of benzene rings is 1. The molecule has 1 rings (SSSR count). The third kappa shape index (κ3) is 2.88. The molecule has 4 nitrogen and oxygen atoms in total. The molecule has 0 amide bonds. The van der Waals surface area contributed by atoms with Gasteiger partial charge in [-0.25, -0.2) is 0 Å². The molecule has 0 aliphatic rings. The summed E-state index contributed by atoms with van der Waals surface area (Å²) < 4.78 is 4.93. The Morgan fingerprint density at radius 3 is 2.56 bits per heavy atom. The Morgan fingerprint density at radius 2 is 2.11 bits per heavy atom. The topological polar surface area (TPSA) is 67.2 Å². The van der Waals surface area contributed by atoms with Crippen molar-refractivity contribution in [3.63, 3.8) is 0 Å². The lowest BCUT2D eigenvalue weighted by Crippen LogP contribution is -2.20. The Balaban J connectivity index is 3.48. The van der Waals surface area contributed by atoms with Gasteiger partial charge in [-0.15, -0.1) is 0 Å². The summed E-state index contributed by atoms with van der Waals surface area (Å²) in [6.07, 6.45) is 0.729. The standard InChI is InChI=1S/C13H12ClNO3/c1-8(17)18-11-5-9(6-15)4-10(12(11)14)13(2,3)7-16/h4-5,7H,1-3H3. The van der Waals surface area contributed by atoms with Gasteiger partial charge in [0.15, 0.2) is 5.75 Å². The average Bonchev–Trinajstić information content (AvgIpc) is 2.30. The number of hydrogen-bond donors (Lipinski definition) is 0. The number of rotatable bonds is 3. The molecule has 0 N–H and O–H groups in total. The highest BCUT2D eigenvalue weighted by atomic mass is 35.5. The van der Waals surface area contributed by atoms with Gasteiger partial charge in [-0.05, 0) is 25.5 Å². The first-order valence-corrected chi connectivity index (χ1v) is 5.58. The first-order valence-electron chi connectivity index (χ1n) is 5.20. The van der Waals surface area contributed by atoms with Gasteiger partial charge >= 0.3 is 5.97 Å². The number of esters is 1. The molecular weight excluding hydrogens is 254 g/mol. The van der Waals surface area contributed by atoms with Crippen LogP contribution in [0.25, 0.3) is 0 Å². The molecule has 5 heteroatoms. The van der Waals surface area contributed by atoms with Crippen molar-refractivity contribution < 1.29 is 14.3 Å². The monoisotopic (exact) mass is 265 g/mol. The molecule has 0 bridgehead atoms. The number of carbonyl (C=O) groups excluding carboxylic acids is 2. The van der Waals surface area contributed by atoms with E-state index in [1.807, 2.05) is 6.07 Å². The zero-order valence-corrected chi connectivity index (χ0v) is 11.0. The molecule has 0 saturated heterocycles. The summed E-state index contributed by atoms with van der Waals surface area (Å²) in [4.78, 5) is 22.0. The zero-order chi connectivity index (χ0) is 13.9. The molecule has 94 valence electrons. The third-order valence-electron chi connectivity index (χ3n) is 2.41. The predicted molar refractivity (Wildman–Crippen MR) is 66.6 cm³/mol. The Hall–Kier alpha value is -1.86. The second kappa shape index (κ2) is 5.19.